The second kappa shape index (κ2) is 3.65. The van der Waals surface area contributed by atoms with Crippen LogP contribution in [0.15, 0.2) is 0 Å². The lowest BCUT2D eigenvalue weighted by Crippen LogP contribution is -2.47. The van der Waals surface area contributed by atoms with Gasteiger partial charge < -0.3 is 5.32 Å². The SMILES string of the molecule is ClCC(CCl)C1CNC1. The van der Waals surface area contributed by atoms with Gasteiger partial charge in [0.15, 0.2) is 0 Å². The van der Waals surface area contributed by atoms with E-state index in [1.807, 2.05) is 0 Å². The van der Waals surface area contributed by atoms with E-state index in [9.17, 15) is 0 Å². The lowest BCUT2D eigenvalue weighted by Gasteiger charge is -2.32. The maximum absolute atomic E-state index is 5.66. The fourth-order valence-corrected chi connectivity index (χ4v) is 1.77. The molecule has 0 aliphatic carbocycles. The Balaban J connectivity index is 2.19. The Morgan fingerprint density at radius 1 is 1.33 bits per heavy atom. The van der Waals surface area contributed by atoms with Crippen molar-refractivity contribution in [3.05, 3.63) is 0 Å². The second-order valence-corrected chi connectivity index (χ2v) is 3.10. The van der Waals surface area contributed by atoms with E-state index in [1.165, 1.54) is 0 Å². The predicted molar refractivity (Wildman–Crippen MR) is 41.3 cm³/mol. The van der Waals surface area contributed by atoms with Crippen molar-refractivity contribution in [1.82, 2.24) is 5.32 Å². The highest BCUT2D eigenvalue weighted by molar-refractivity contribution is 6.20. The number of hydrogen-bond acceptors (Lipinski definition) is 1. The number of alkyl halides is 2. The molecule has 0 aromatic rings. The van der Waals surface area contributed by atoms with E-state index in [0.29, 0.717) is 17.7 Å². The summed E-state index contributed by atoms with van der Waals surface area (Å²) in [6, 6.07) is 0. The Labute approximate surface area is 65.7 Å². The standard InChI is InChI=1S/C6H11Cl2N/c7-1-5(2-8)6-3-9-4-6/h5-6,9H,1-4H2. The lowest BCUT2D eigenvalue weighted by molar-refractivity contribution is 0.269. The molecule has 0 aromatic carbocycles. The van der Waals surface area contributed by atoms with Gasteiger partial charge in [-0.05, 0) is 24.9 Å². The van der Waals surface area contributed by atoms with E-state index in [-0.39, 0.29) is 0 Å². The average molecular weight is 168 g/mol. The Hall–Kier alpha value is 0.540. The topological polar surface area (TPSA) is 12.0 Å². The molecule has 54 valence electrons. The summed E-state index contributed by atoms with van der Waals surface area (Å²) < 4.78 is 0. The molecule has 1 heterocycles. The van der Waals surface area contributed by atoms with Crippen LogP contribution in [0.25, 0.3) is 0 Å². The van der Waals surface area contributed by atoms with Crippen molar-refractivity contribution >= 4 is 23.2 Å². The highest BCUT2D eigenvalue weighted by Crippen LogP contribution is 2.18. The highest BCUT2D eigenvalue weighted by atomic mass is 35.5. The minimum Gasteiger partial charge on any atom is -0.316 e. The van der Waals surface area contributed by atoms with E-state index >= 15 is 0 Å². The number of halogens is 2. The molecule has 0 saturated carbocycles. The van der Waals surface area contributed by atoms with Crippen LogP contribution < -0.4 is 5.32 Å². The molecule has 1 nitrogen and oxygen atoms in total. The van der Waals surface area contributed by atoms with Crippen LogP contribution in [0.3, 0.4) is 0 Å². The van der Waals surface area contributed by atoms with Gasteiger partial charge in [-0.3, -0.25) is 0 Å². The second-order valence-electron chi connectivity index (χ2n) is 2.49. The zero-order valence-electron chi connectivity index (χ0n) is 5.24. The van der Waals surface area contributed by atoms with Crippen LogP contribution in [0.1, 0.15) is 0 Å². The average Bonchev–Trinajstić information content (AvgIpc) is 1.78. The van der Waals surface area contributed by atoms with Crippen molar-refractivity contribution in [3.63, 3.8) is 0 Å². The Kier molecular flexibility index (Phi) is 3.10. The van der Waals surface area contributed by atoms with E-state index in [1.54, 1.807) is 0 Å². The first-order valence-corrected chi connectivity index (χ1v) is 4.28. The quantitative estimate of drug-likeness (QED) is 0.626. The van der Waals surface area contributed by atoms with E-state index in [4.69, 9.17) is 23.2 Å². The van der Waals surface area contributed by atoms with Crippen LogP contribution in [0.4, 0.5) is 0 Å². The summed E-state index contributed by atoms with van der Waals surface area (Å²) in [5.41, 5.74) is 0. The number of rotatable bonds is 3. The fraction of sp³-hybridized carbons (Fsp3) is 1.00. The monoisotopic (exact) mass is 167 g/mol. The molecule has 0 atom stereocenters. The van der Waals surface area contributed by atoms with Gasteiger partial charge in [0.05, 0.1) is 0 Å². The van der Waals surface area contributed by atoms with Crippen molar-refractivity contribution in [2.24, 2.45) is 11.8 Å². The summed E-state index contributed by atoms with van der Waals surface area (Å²) in [6.45, 7) is 2.20. The zero-order valence-corrected chi connectivity index (χ0v) is 6.75. The van der Waals surface area contributed by atoms with Gasteiger partial charge in [-0.2, -0.15) is 0 Å². The molecule has 0 amide bonds. The summed E-state index contributed by atoms with van der Waals surface area (Å²) in [7, 11) is 0. The van der Waals surface area contributed by atoms with Crippen LogP contribution >= 0.6 is 23.2 Å². The maximum Gasteiger partial charge on any atom is 0.0266 e. The highest BCUT2D eigenvalue weighted by Gasteiger charge is 2.25. The summed E-state index contributed by atoms with van der Waals surface area (Å²) in [5, 5.41) is 3.19. The van der Waals surface area contributed by atoms with E-state index in [0.717, 1.165) is 19.0 Å². The summed E-state index contributed by atoms with van der Waals surface area (Å²) >= 11 is 11.3. The van der Waals surface area contributed by atoms with Crippen molar-refractivity contribution < 1.29 is 0 Å². The lowest BCUT2D eigenvalue weighted by atomic mass is 9.90. The Morgan fingerprint density at radius 3 is 2.00 bits per heavy atom. The van der Waals surface area contributed by atoms with Gasteiger partial charge >= 0.3 is 0 Å². The van der Waals surface area contributed by atoms with Crippen LogP contribution in [0, 0.1) is 11.8 Å². The van der Waals surface area contributed by atoms with Gasteiger partial charge in [-0.15, -0.1) is 23.2 Å². The molecular formula is C6H11Cl2N. The van der Waals surface area contributed by atoms with Gasteiger partial charge in [0.2, 0.25) is 0 Å². The molecule has 3 heteroatoms. The molecule has 0 unspecified atom stereocenters. The third-order valence-electron chi connectivity index (χ3n) is 1.88. The minimum absolute atomic E-state index is 0.523. The van der Waals surface area contributed by atoms with Gasteiger partial charge in [-0.1, -0.05) is 0 Å². The Morgan fingerprint density at radius 2 is 1.89 bits per heavy atom. The minimum atomic E-state index is 0.523. The van der Waals surface area contributed by atoms with E-state index < -0.39 is 0 Å². The van der Waals surface area contributed by atoms with Crippen LogP contribution in [0.5, 0.6) is 0 Å². The molecule has 1 fully saturated rings. The first-order chi connectivity index (χ1) is 4.38. The molecule has 0 spiro atoms. The van der Waals surface area contributed by atoms with Gasteiger partial charge in [-0.25, -0.2) is 0 Å². The molecule has 1 saturated heterocycles. The zero-order chi connectivity index (χ0) is 6.69. The first-order valence-electron chi connectivity index (χ1n) is 3.21. The van der Waals surface area contributed by atoms with Crippen molar-refractivity contribution in [3.8, 4) is 0 Å². The van der Waals surface area contributed by atoms with Gasteiger partial charge in [0.1, 0.15) is 0 Å². The normalized spacial score (nSPS) is 20.3. The smallest absolute Gasteiger partial charge is 0.0266 e. The molecule has 1 rings (SSSR count). The molecule has 1 N–H and O–H groups in total. The van der Waals surface area contributed by atoms with Crippen molar-refractivity contribution in [1.29, 1.82) is 0 Å². The summed E-state index contributed by atoms with van der Waals surface area (Å²) in [4.78, 5) is 0. The third kappa shape index (κ3) is 1.73. The van der Waals surface area contributed by atoms with Crippen LogP contribution in [-0.4, -0.2) is 24.8 Å². The largest absolute Gasteiger partial charge is 0.316 e. The number of hydrogen-bond donors (Lipinski definition) is 1. The van der Waals surface area contributed by atoms with E-state index in [2.05, 4.69) is 5.32 Å². The molecule has 1 aliphatic rings. The molecule has 0 bridgehead atoms. The van der Waals surface area contributed by atoms with Crippen molar-refractivity contribution in [2.45, 2.75) is 0 Å². The van der Waals surface area contributed by atoms with Crippen molar-refractivity contribution in [2.75, 3.05) is 24.8 Å². The molecule has 9 heavy (non-hydrogen) atoms. The van der Waals surface area contributed by atoms with Gasteiger partial charge in [0, 0.05) is 11.8 Å². The summed E-state index contributed by atoms with van der Waals surface area (Å²) in [5.74, 6) is 2.67. The van der Waals surface area contributed by atoms with Crippen LogP contribution in [0.2, 0.25) is 0 Å². The fourth-order valence-electron chi connectivity index (χ4n) is 0.938. The predicted octanol–water partition coefficient (Wildman–Crippen LogP) is 1.30. The first kappa shape index (κ1) is 7.64. The molecule has 0 aromatic heterocycles. The maximum atomic E-state index is 5.66. The third-order valence-corrected chi connectivity index (χ3v) is 2.67. The Bertz CT molecular complexity index is 79.1. The molecular weight excluding hydrogens is 157 g/mol. The van der Waals surface area contributed by atoms with Crippen LogP contribution in [-0.2, 0) is 0 Å². The van der Waals surface area contributed by atoms with Gasteiger partial charge in [0.25, 0.3) is 0 Å². The molecule has 1 aliphatic heterocycles. The number of nitrogens with one attached hydrogen (secondary N) is 1. The molecule has 0 radical (unpaired) electrons. The summed E-state index contributed by atoms with van der Waals surface area (Å²) in [6.07, 6.45) is 0.